The van der Waals surface area contributed by atoms with E-state index in [-0.39, 0.29) is 17.7 Å². The number of benzene rings is 1. The summed E-state index contributed by atoms with van der Waals surface area (Å²) < 4.78 is 5.26. The topological polar surface area (TPSA) is 84.4 Å². The van der Waals surface area contributed by atoms with Crippen LogP contribution in [0.25, 0.3) is 0 Å². The van der Waals surface area contributed by atoms with Crippen LogP contribution in [-0.2, 0) is 22.4 Å². The molecule has 7 nitrogen and oxygen atoms in total. The van der Waals surface area contributed by atoms with Gasteiger partial charge < -0.3 is 15.0 Å². The van der Waals surface area contributed by atoms with Gasteiger partial charge in [0.05, 0.1) is 20.0 Å². The highest BCUT2D eigenvalue weighted by molar-refractivity contribution is 5.79. The van der Waals surface area contributed by atoms with Gasteiger partial charge in [0.25, 0.3) is 0 Å². The molecule has 1 aliphatic rings. The third-order valence-corrected chi connectivity index (χ3v) is 5.78. The molecule has 3 rings (SSSR count). The fourth-order valence-corrected chi connectivity index (χ4v) is 4.11. The van der Waals surface area contributed by atoms with Gasteiger partial charge >= 0.3 is 0 Å². The summed E-state index contributed by atoms with van der Waals surface area (Å²) in [6, 6.07) is 7.64. The van der Waals surface area contributed by atoms with Gasteiger partial charge in [0.1, 0.15) is 11.6 Å². The van der Waals surface area contributed by atoms with Gasteiger partial charge in [0, 0.05) is 42.5 Å². The molecule has 1 fully saturated rings. The van der Waals surface area contributed by atoms with E-state index >= 15 is 0 Å². The first-order valence-corrected chi connectivity index (χ1v) is 10.9. The number of aryl methyl sites for hydroxylation is 2. The minimum atomic E-state index is -0.0166. The highest BCUT2D eigenvalue weighted by atomic mass is 16.5. The maximum absolute atomic E-state index is 12.9. The quantitative estimate of drug-likeness (QED) is 0.739. The lowest BCUT2D eigenvalue weighted by Crippen LogP contribution is -2.40. The van der Waals surface area contributed by atoms with Crippen LogP contribution in [0.15, 0.2) is 24.3 Å². The van der Waals surface area contributed by atoms with Crippen LogP contribution in [0.3, 0.4) is 0 Å². The molecule has 1 saturated heterocycles. The number of amides is 2. The largest absolute Gasteiger partial charge is 0.497 e. The van der Waals surface area contributed by atoms with Gasteiger partial charge in [0.2, 0.25) is 11.8 Å². The van der Waals surface area contributed by atoms with Gasteiger partial charge in [-0.15, -0.1) is 0 Å². The highest BCUT2D eigenvalue weighted by Gasteiger charge is 2.27. The van der Waals surface area contributed by atoms with E-state index in [2.05, 4.69) is 5.32 Å². The molecule has 1 aliphatic heterocycles. The zero-order valence-electron chi connectivity index (χ0n) is 18.9. The van der Waals surface area contributed by atoms with Crippen LogP contribution in [0.2, 0.25) is 0 Å². The van der Waals surface area contributed by atoms with Crippen LogP contribution in [0.4, 0.5) is 0 Å². The summed E-state index contributed by atoms with van der Waals surface area (Å²) >= 11 is 0. The first-order valence-electron chi connectivity index (χ1n) is 10.9. The van der Waals surface area contributed by atoms with Crippen molar-refractivity contribution in [3.8, 4) is 5.75 Å². The van der Waals surface area contributed by atoms with E-state index < -0.39 is 0 Å². The summed E-state index contributed by atoms with van der Waals surface area (Å²) in [7, 11) is 1.63. The second kappa shape index (κ2) is 10.4. The molecule has 1 aromatic heterocycles. The Morgan fingerprint density at radius 3 is 2.61 bits per heavy atom. The van der Waals surface area contributed by atoms with E-state index in [4.69, 9.17) is 14.7 Å². The molecule has 0 spiro atoms. The van der Waals surface area contributed by atoms with E-state index in [9.17, 15) is 9.59 Å². The molecule has 7 heteroatoms. The predicted octanol–water partition coefficient (Wildman–Crippen LogP) is 2.73. The number of rotatable bonds is 7. The highest BCUT2D eigenvalue weighted by Crippen LogP contribution is 2.27. The number of carbonyl (C=O) groups excluding carboxylic acids is 2. The number of ether oxygens (including phenoxy) is 1. The maximum Gasteiger partial charge on any atom is 0.227 e. The molecule has 2 heterocycles. The number of hydrogen-bond donors (Lipinski definition) is 1. The second-order valence-electron chi connectivity index (χ2n) is 8.07. The first-order chi connectivity index (χ1) is 14.9. The summed E-state index contributed by atoms with van der Waals surface area (Å²) in [5.74, 6) is 1.73. The molecule has 31 heavy (non-hydrogen) atoms. The Balaban J connectivity index is 1.69. The molecule has 1 N–H and O–H groups in total. The number of hydrogen-bond acceptors (Lipinski definition) is 5. The smallest absolute Gasteiger partial charge is 0.227 e. The molecule has 166 valence electrons. The van der Waals surface area contributed by atoms with Crippen molar-refractivity contribution in [2.24, 2.45) is 0 Å². The standard InChI is InChI=1S/C24H32N4O3/c1-5-25-22(29)14-21-16(2)26-24(27-17(21)3)19-9-7-11-28(15-19)23(30)13-18-8-6-10-20(12-18)31-4/h6,8,10,12,19H,5,7,9,11,13-15H2,1-4H3,(H,25,29)/t19-/m1/s1. The summed E-state index contributed by atoms with van der Waals surface area (Å²) in [6.07, 6.45) is 2.53. The minimum absolute atomic E-state index is 0.0166. The maximum atomic E-state index is 12.9. The van der Waals surface area contributed by atoms with Crippen molar-refractivity contribution in [2.45, 2.75) is 52.4 Å². The fraction of sp³-hybridized carbons (Fsp3) is 0.500. The lowest BCUT2D eigenvalue weighted by atomic mass is 9.95. The predicted molar refractivity (Wildman–Crippen MR) is 119 cm³/mol. The molecule has 0 saturated carbocycles. The van der Waals surface area contributed by atoms with Crippen LogP contribution >= 0.6 is 0 Å². The van der Waals surface area contributed by atoms with Gasteiger partial charge in [-0.3, -0.25) is 9.59 Å². The Morgan fingerprint density at radius 2 is 1.94 bits per heavy atom. The summed E-state index contributed by atoms with van der Waals surface area (Å²) in [4.78, 5) is 36.3. The molecule has 0 aliphatic carbocycles. The van der Waals surface area contributed by atoms with E-state index in [1.54, 1.807) is 7.11 Å². The van der Waals surface area contributed by atoms with Gasteiger partial charge in [-0.2, -0.15) is 0 Å². The number of likely N-dealkylation sites (tertiary alicyclic amines) is 1. The van der Waals surface area contributed by atoms with Crippen LogP contribution in [0.1, 0.15) is 54.0 Å². The van der Waals surface area contributed by atoms with Crippen molar-refractivity contribution >= 4 is 11.8 Å². The number of aromatic nitrogens is 2. The molecule has 1 aromatic carbocycles. The zero-order valence-corrected chi connectivity index (χ0v) is 18.9. The number of nitrogens with one attached hydrogen (secondary N) is 1. The molecule has 0 bridgehead atoms. The van der Waals surface area contributed by atoms with Crippen LogP contribution < -0.4 is 10.1 Å². The summed E-state index contributed by atoms with van der Waals surface area (Å²) in [5.41, 5.74) is 3.52. The van der Waals surface area contributed by atoms with Crippen molar-refractivity contribution < 1.29 is 14.3 Å². The first kappa shape index (κ1) is 22.7. The average molecular weight is 425 g/mol. The Labute approximate surface area is 184 Å². The monoisotopic (exact) mass is 424 g/mol. The van der Waals surface area contributed by atoms with E-state index in [1.807, 2.05) is 49.9 Å². The third-order valence-electron chi connectivity index (χ3n) is 5.78. The SMILES string of the molecule is CCNC(=O)Cc1c(C)nc([C@@H]2CCCN(C(=O)Cc3cccc(OC)c3)C2)nc1C. The number of methoxy groups -OCH3 is 1. The van der Waals surface area contributed by atoms with E-state index in [0.717, 1.165) is 53.5 Å². The van der Waals surface area contributed by atoms with Gasteiger partial charge in [0.15, 0.2) is 0 Å². The second-order valence-corrected chi connectivity index (χ2v) is 8.07. The molecular weight excluding hydrogens is 392 g/mol. The molecule has 1 atom stereocenters. The Hall–Kier alpha value is -2.96. The van der Waals surface area contributed by atoms with Crippen molar-refractivity contribution in [2.75, 3.05) is 26.7 Å². The van der Waals surface area contributed by atoms with Crippen LogP contribution in [0, 0.1) is 13.8 Å². The summed E-state index contributed by atoms with van der Waals surface area (Å²) in [6.45, 7) is 7.76. The van der Waals surface area contributed by atoms with E-state index in [1.165, 1.54) is 0 Å². The van der Waals surface area contributed by atoms with E-state index in [0.29, 0.717) is 25.9 Å². The molecular formula is C24H32N4O3. The Morgan fingerprint density at radius 1 is 1.19 bits per heavy atom. The number of likely N-dealkylation sites (N-methyl/N-ethyl adjacent to an activating group) is 1. The lowest BCUT2D eigenvalue weighted by Gasteiger charge is -2.32. The Kier molecular flexibility index (Phi) is 7.60. The molecule has 0 radical (unpaired) electrons. The Bertz CT molecular complexity index is 921. The van der Waals surface area contributed by atoms with Crippen molar-refractivity contribution in [3.63, 3.8) is 0 Å². The summed E-state index contributed by atoms with van der Waals surface area (Å²) in [5, 5.41) is 2.83. The van der Waals surface area contributed by atoms with Crippen molar-refractivity contribution in [1.82, 2.24) is 20.2 Å². The normalized spacial score (nSPS) is 16.1. The van der Waals surface area contributed by atoms with Gasteiger partial charge in [-0.25, -0.2) is 9.97 Å². The van der Waals surface area contributed by atoms with Crippen LogP contribution in [-0.4, -0.2) is 53.4 Å². The van der Waals surface area contributed by atoms with Crippen molar-refractivity contribution in [1.29, 1.82) is 0 Å². The van der Waals surface area contributed by atoms with Gasteiger partial charge in [-0.1, -0.05) is 12.1 Å². The number of nitrogens with zero attached hydrogens (tertiary/aromatic N) is 3. The number of piperidine rings is 1. The lowest BCUT2D eigenvalue weighted by molar-refractivity contribution is -0.131. The minimum Gasteiger partial charge on any atom is -0.497 e. The van der Waals surface area contributed by atoms with Crippen LogP contribution in [0.5, 0.6) is 5.75 Å². The molecule has 2 aromatic rings. The van der Waals surface area contributed by atoms with Crippen molar-refractivity contribution in [3.05, 3.63) is 52.6 Å². The molecule has 2 amide bonds. The number of carbonyl (C=O) groups is 2. The fourth-order valence-electron chi connectivity index (χ4n) is 4.11. The molecule has 0 unspecified atom stereocenters. The third kappa shape index (κ3) is 5.81. The average Bonchev–Trinajstić information content (AvgIpc) is 2.76. The van der Waals surface area contributed by atoms with Gasteiger partial charge in [-0.05, 0) is 51.3 Å². The zero-order chi connectivity index (χ0) is 22.4.